The van der Waals surface area contributed by atoms with Crippen LogP contribution in [0.1, 0.15) is 37.8 Å². The van der Waals surface area contributed by atoms with Gasteiger partial charge in [-0.15, -0.1) is 0 Å². The zero-order valence-electron chi connectivity index (χ0n) is 9.23. The summed E-state index contributed by atoms with van der Waals surface area (Å²) in [4.78, 5) is 12.4. The number of imidazole rings is 1. The fraction of sp³-hybridized carbons (Fsp3) is 0.600. The molecule has 7 heteroatoms. The second-order valence-corrected chi connectivity index (χ2v) is 16.4. The predicted molar refractivity (Wildman–Crippen MR) is 69.6 cm³/mol. The molecule has 3 nitrogen and oxygen atoms in total. The van der Waals surface area contributed by atoms with Crippen LogP contribution in [-0.4, -0.2) is 17.2 Å². The topological polar surface area (TPSA) is 39.4 Å². The Morgan fingerprint density at radius 3 is 2.47 bits per heavy atom. The molecule has 1 aromatic rings. The van der Waals surface area contributed by atoms with Crippen LogP contribution in [0.5, 0.6) is 0 Å². The van der Waals surface area contributed by atoms with Gasteiger partial charge in [0.2, 0.25) is 0 Å². The molecule has 97 valence electrons. The molecule has 1 aliphatic rings. The SMILES string of the molecule is C(=NC1CCCCC1)c1cnc[n-]1.[Cl][W]([Cl])[Cl]. The van der Waals surface area contributed by atoms with Gasteiger partial charge in [-0.2, -0.15) is 0 Å². The Kier molecular flexibility index (Phi) is 8.55. The summed E-state index contributed by atoms with van der Waals surface area (Å²) in [6.07, 6.45) is 11.7. The van der Waals surface area contributed by atoms with E-state index in [0.717, 1.165) is 5.69 Å². The summed E-state index contributed by atoms with van der Waals surface area (Å²) >= 11 is -2.11. The molecule has 0 atom stereocenters. The molecule has 0 amide bonds. The van der Waals surface area contributed by atoms with Crippen molar-refractivity contribution >= 4 is 34.5 Å². The summed E-state index contributed by atoms with van der Waals surface area (Å²) < 4.78 is 0. The van der Waals surface area contributed by atoms with Crippen LogP contribution >= 0.6 is 28.3 Å². The van der Waals surface area contributed by atoms with Crippen molar-refractivity contribution in [2.24, 2.45) is 4.99 Å². The predicted octanol–water partition coefficient (Wildman–Crippen LogP) is 3.86. The Bertz CT molecular complexity index is 308. The van der Waals surface area contributed by atoms with E-state index in [-0.39, 0.29) is 0 Å². The molecule has 1 aromatic heterocycles. The Labute approximate surface area is 119 Å². The Morgan fingerprint density at radius 1 is 1.29 bits per heavy atom. The van der Waals surface area contributed by atoms with E-state index in [2.05, 4.69) is 15.0 Å². The first kappa shape index (κ1) is 15.5. The van der Waals surface area contributed by atoms with Gasteiger partial charge in [0.05, 0.1) is 0 Å². The van der Waals surface area contributed by atoms with E-state index < -0.39 is 14.2 Å². The normalized spacial score (nSPS) is 17.2. The van der Waals surface area contributed by atoms with Crippen molar-refractivity contribution in [1.29, 1.82) is 0 Å². The maximum atomic E-state index is 5.00. The maximum absolute atomic E-state index is 5.00. The van der Waals surface area contributed by atoms with E-state index in [1.165, 1.54) is 32.1 Å². The monoisotopic (exact) mass is 465 g/mol. The average Bonchev–Trinajstić information content (AvgIpc) is 2.80. The molecule has 0 spiro atoms. The zero-order valence-corrected chi connectivity index (χ0v) is 14.4. The van der Waals surface area contributed by atoms with Crippen molar-refractivity contribution in [3.8, 4) is 0 Å². The van der Waals surface area contributed by atoms with Gasteiger partial charge in [0.1, 0.15) is 0 Å². The third kappa shape index (κ3) is 8.20. The van der Waals surface area contributed by atoms with Gasteiger partial charge in [0.15, 0.2) is 0 Å². The molecule has 2 rings (SSSR count). The van der Waals surface area contributed by atoms with Crippen LogP contribution < -0.4 is 4.98 Å². The van der Waals surface area contributed by atoms with Gasteiger partial charge in [0, 0.05) is 12.3 Å². The molecule has 0 unspecified atom stereocenters. The fourth-order valence-corrected chi connectivity index (χ4v) is 1.72. The fourth-order valence-electron chi connectivity index (χ4n) is 1.72. The van der Waals surface area contributed by atoms with Crippen molar-refractivity contribution in [3.63, 3.8) is 0 Å². The van der Waals surface area contributed by atoms with Gasteiger partial charge in [-0.3, -0.25) is 4.99 Å². The average molecular weight is 466 g/mol. The summed E-state index contributed by atoms with van der Waals surface area (Å²) in [5.41, 5.74) is 0.880. The molecule has 1 aliphatic carbocycles. The van der Waals surface area contributed by atoms with E-state index in [1.807, 2.05) is 6.21 Å². The molecule has 0 bridgehead atoms. The summed E-state index contributed by atoms with van der Waals surface area (Å²) in [6, 6.07) is 0.533. The molecular formula is C10H14Cl3N3W-. The third-order valence-electron chi connectivity index (χ3n) is 2.47. The van der Waals surface area contributed by atoms with Crippen LogP contribution in [0.3, 0.4) is 0 Å². The minimum absolute atomic E-state index is 0.533. The van der Waals surface area contributed by atoms with Gasteiger partial charge in [-0.1, -0.05) is 31.8 Å². The number of rotatable bonds is 2. The number of hydrogen-bond acceptors (Lipinski definition) is 2. The second kappa shape index (κ2) is 9.38. The number of aromatic nitrogens is 2. The molecule has 17 heavy (non-hydrogen) atoms. The van der Waals surface area contributed by atoms with Gasteiger partial charge >= 0.3 is 42.4 Å². The van der Waals surface area contributed by atoms with E-state index in [9.17, 15) is 0 Å². The van der Waals surface area contributed by atoms with Crippen molar-refractivity contribution in [2.75, 3.05) is 0 Å². The first-order valence-corrected chi connectivity index (χ1v) is 16.3. The van der Waals surface area contributed by atoms with Crippen molar-refractivity contribution in [3.05, 3.63) is 18.2 Å². The van der Waals surface area contributed by atoms with Gasteiger partial charge < -0.3 is 9.97 Å². The second-order valence-electron chi connectivity index (χ2n) is 3.69. The summed E-state index contributed by atoms with van der Waals surface area (Å²) in [7, 11) is 15.0. The quantitative estimate of drug-likeness (QED) is 0.622. The third-order valence-corrected chi connectivity index (χ3v) is 2.47. The molecule has 0 radical (unpaired) electrons. The van der Waals surface area contributed by atoms with Crippen LogP contribution in [0, 0.1) is 0 Å². The van der Waals surface area contributed by atoms with Crippen LogP contribution in [0.15, 0.2) is 17.5 Å². The van der Waals surface area contributed by atoms with Crippen LogP contribution in [0.25, 0.3) is 0 Å². The Balaban J connectivity index is 0.000000317. The Morgan fingerprint density at radius 2 is 1.94 bits per heavy atom. The number of hydrogen-bond donors (Lipinski definition) is 0. The van der Waals surface area contributed by atoms with Crippen LogP contribution in [0.4, 0.5) is 0 Å². The van der Waals surface area contributed by atoms with Gasteiger partial charge in [-0.25, -0.2) is 0 Å². The molecule has 1 heterocycles. The van der Waals surface area contributed by atoms with Gasteiger partial charge in [-0.05, 0) is 18.5 Å². The number of halogens is 3. The van der Waals surface area contributed by atoms with Gasteiger partial charge in [0.25, 0.3) is 0 Å². The van der Waals surface area contributed by atoms with Crippen LogP contribution in [-0.2, 0) is 14.2 Å². The van der Waals surface area contributed by atoms with Crippen LogP contribution in [0.2, 0.25) is 0 Å². The van der Waals surface area contributed by atoms with Crippen molar-refractivity contribution < 1.29 is 14.2 Å². The number of aliphatic imine (C=N–C) groups is 1. The van der Waals surface area contributed by atoms with Crippen molar-refractivity contribution in [2.45, 2.75) is 38.1 Å². The van der Waals surface area contributed by atoms with E-state index >= 15 is 0 Å². The molecule has 0 aliphatic heterocycles. The minimum atomic E-state index is -2.11. The first-order chi connectivity index (χ1) is 8.18. The standard InChI is InChI=1S/C10H14N3.3ClH.W/c1-2-4-9(5-3-1)12-7-10-6-11-8-13-10;;;;/h6-9H,1-5H2;3*1H;/q-1;;;;+3/p-3. The molecule has 1 saturated carbocycles. The van der Waals surface area contributed by atoms with E-state index in [0.29, 0.717) is 6.04 Å². The van der Waals surface area contributed by atoms with E-state index in [4.69, 9.17) is 28.3 Å². The van der Waals surface area contributed by atoms with Crippen molar-refractivity contribution in [1.82, 2.24) is 9.97 Å². The number of nitrogens with zero attached hydrogens (tertiary/aromatic N) is 3. The summed E-state index contributed by atoms with van der Waals surface area (Å²) in [5.74, 6) is 0. The molecular weight excluding hydrogens is 452 g/mol. The Hall–Kier alpha value is 0.438. The molecule has 1 fully saturated rings. The molecule has 0 saturated heterocycles. The molecule has 0 aromatic carbocycles. The zero-order chi connectivity index (χ0) is 12.5. The van der Waals surface area contributed by atoms with E-state index in [1.54, 1.807) is 12.5 Å². The summed E-state index contributed by atoms with van der Waals surface area (Å²) in [5, 5.41) is 0. The molecule has 0 N–H and O–H groups in total. The summed E-state index contributed by atoms with van der Waals surface area (Å²) in [6.45, 7) is 0. The first-order valence-electron chi connectivity index (χ1n) is 5.37.